The van der Waals surface area contributed by atoms with E-state index in [9.17, 15) is 4.79 Å². The highest BCUT2D eigenvalue weighted by Crippen LogP contribution is 2.34. The van der Waals surface area contributed by atoms with E-state index in [1.54, 1.807) is 11.3 Å². The van der Waals surface area contributed by atoms with Crippen LogP contribution in [0.3, 0.4) is 0 Å². The smallest absolute Gasteiger partial charge is 0.233 e. The first-order valence-electron chi connectivity index (χ1n) is 8.68. The van der Waals surface area contributed by atoms with E-state index in [0.717, 1.165) is 13.0 Å². The van der Waals surface area contributed by atoms with Gasteiger partial charge in [-0.05, 0) is 49.0 Å². The molecule has 128 valence electrons. The quantitative estimate of drug-likeness (QED) is 0.724. The van der Waals surface area contributed by atoms with Gasteiger partial charge < -0.3 is 10.6 Å². The average molecular weight is 335 g/mol. The molecule has 1 amide bonds. The van der Waals surface area contributed by atoms with Crippen molar-refractivity contribution >= 4 is 17.2 Å². The van der Waals surface area contributed by atoms with Crippen molar-refractivity contribution in [3.05, 3.63) is 34.0 Å². The third-order valence-electron chi connectivity index (χ3n) is 4.31. The summed E-state index contributed by atoms with van der Waals surface area (Å²) in [4.78, 5) is 13.4. The molecule has 0 bridgehead atoms. The van der Waals surface area contributed by atoms with Crippen LogP contribution >= 0.6 is 11.3 Å². The molecule has 1 atom stereocenters. The van der Waals surface area contributed by atoms with Crippen LogP contribution in [-0.4, -0.2) is 19.0 Å². The minimum atomic E-state index is 0.0814. The Balaban J connectivity index is 1.74. The van der Waals surface area contributed by atoms with E-state index in [0.29, 0.717) is 6.54 Å². The van der Waals surface area contributed by atoms with E-state index >= 15 is 0 Å². The van der Waals surface area contributed by atoms with Gasteiger partial charge in [-0.2, -0.15) is 0 Å². The number of allylic oxidation sites excluding steroid dienone is 1. The van der Waals surface area contributed by atoms with Gasteiger partial charge in [0.05, 0.1) is 6.54 Å². The number of carbonyl (C=O) groups is 1. The van der Waals surface area contributed by atoms with Gasteiger partial charge in [0.2, 0.25) is 5.91 Å². The molecule has 0 aliphatic heterocycles. The lowest BCUT2D eigenvalue weighted by molar-refractivity contribution is -0.120. The third-order valence-corrected chi connectivity index (χ3v) is 5.25. The maximum Gasteiger partial charge on any atom is 0.233 e. The van der Waals surface area contributed by atoms with Gasteiger partial charge in [0.1, 0.15) is 0 Å². The van der Waals surface area contributed by atoms with Gasteiger partial charge in [-0.25, -0.2) is 0 Å². The lowest BCUT2D eigenvalue weighted by Gasteiger charge is -2.30. The van der Waals surface area contributed by atoms with Crippen molar-refractivity contribution in [1.29, 1.82) is 0 Å². The van der Waals surface area contributed by atoms with Gasteiger partial charge in [0, 0.05) is 17.5 Å². The van der Waals surface area contributed by atoms with Crippen LogP contribution in [0.4, 0.5) is 0 Å². The van der Waals surface area contributed by atoms with E-state index in [1.807, 2.05) is 0 Å². The Kier molecular flexibility index (Phi) is 6.85. The predicted molar refractivity (Wildman–Crippen MR) is 98.7 cm³/mol. The highest BCUT2D eigenvalue weighted by Gasteiger charge is 2.27. The van der Waals surface area contributed by atoms with Crippen molar-refractivity contribution in [2.45, 2.75) is 58.9 Å². The Bertz CT molecular complexity index is 514. The molecule has 1 aliphatic rings. The Morgan fingerprint density at radius 1 is 1.35 bits per heavy atom. The summed E-state index contributed by atoms with van der Waals surface area (Å²) < 4.78 is 0. The van der Waals surface area contributed by atoms with Crippen molar-refractivity contribution in [1.82, 2.24) is 10.6 Å². The maximum atomic E-state index is 12.1. The van der Waals surface area contributed by atoms with Crippen LogP contribution in [0.5, 0.6) is 0 Å². The fourth-order valence-corrected chi connectivity index (χ4v) is 4.08. The molecule has 0 fully saturated rings. The predicted octanol–water partition coefficient (Wildman–Crippen LogP) is 4.43. The second-order valence-corrected chi connectivity index (χ2v) is 8.38. The number of rotatable bonds is 7. The first-order chi connectivity index (χ1) is 11.0. The second kappa shape index (κ2) is 8.65. The van der Waals surface area contributed by atoms with Crippen molar-refractivity contribution in [3.63, 3.8) is 0 Å². The molecule has 1 aliphatic carbocycles. The van der Waals surface area contributed by atoms with E-state index < -0.39 is 0 Å². The van der Waals surface area contributed by atoms with Crippen LogP contribution in [0, 0.1) is 5.41 Å². The Labute approximate surface area is 144 Å². The Hall–Kier alpha value is -1.13. The zero-order chi connectivity index (χ0) is 16.7. The number of hydrogen-bond acceptors (Lipinski definition) is 3. The molecule has 4 heteroatoms. The lowest BCUT2D eigenvalue weighted by atomic mass is 9.86. The van der Waals surface area contributed by atoms with Gasteiger partial charge in [-0.15, -0.1) is 11.3 Å². The van der Waals surface area contributed by atoms with Crippen molar-refractivity contribution in [2.24, 2.45) is 5.41 Å². The van der Waals surface area contributed by atoms with Gasteiger partial charge in [-0.1, -0.05) is 38.5 Å². The summed E-state index contributed by atoms with van der Waals surface area (Å²) in [5, 5.41) is 8.57. The van der Waals surface area contributed by atoms with Crippen LogP contribution in [-0.2, 0) is 4.79 Å². The van der Waals surface area contributed by atoms with Crippen LogP contribution < -0.4 is 10.6 Å². The zero-order valence-corrected chi connectivity index (χ0v) is 15.5. The molecule has 2 N–H and O–H groups in total. The minimum absolute atomic E-state index is 0.0814. The molecule has 0 saturated heterocycles. The van der Waals surface area contributed by atoms with E-state index in [1.165, 1.54) is 36.1 Å². The van der Waals surface area contributed by atoms with Crippen LogP contribution in [0.15, 0.2) is 29.2 Å². The first kappa shape index (κ1) is 18.2. The molecule has 0 spiro atoms. The standard InChI is InChI=1S/C19H30N2OS/c1-19(2,3)18(16-10-7-13-23-16)21-14-17(22)20-12-11-15-8-5-4-6-9-15/h7-8,10,13,18,21H,4-6,9,11-12,14H2,1-3H3,(H,20,22). The largest absolute Gasteiger partial charge is 0.355 e. The summed E-state index contributed by atoms with van der Waals surface area (Å²) in [5.74, 6) is 0.0900. The summed E-state index contributed by atoms with van der Waals surface area (Å²) in [5.41, 5.74) is 1.59. The highest BCUT2D eigenvalue weighted by molar-refractivity contribution is 7.10. The zero-order valence-electron chi connectivity index (χ0n) is 14.7. The van der Waals surface area contributed by atoms with E-state index in [-0.39, 0.29) is 17.4 Å². The monoisotopic (exact) mass is 334 g/mol. The molecule has 1 unspecified atom stereocenters. The molecule has 3 nitrogen and oxygen atoms in total. The maximum absolute atomic E-state index is 12.1. The molecule has 1 aromatic heterocycles. The normalized spacial score (nSPS) is 16.7. The molecule has 2 rings (SSSR count). The molecule has 1 heterocycles. The summed E-state index contributed by atoms with van der Waals surface area (Å²) in [6, 6.07) is 4.41. The second-order valence-electron chi connectivity index (χ2n) is 7.40. The topological polar surface area (TPSA) is 41.1 Å². The summed E-state index contributed by atoms with van der Waals surface area (Å²) in [6.07, 6.45) is 8.38. The molecular weight excluding hydrogens is 304 g/mol. The summed E-state index contributed by atoms with van der Waals surface area (Å²) in [7, 11) is 0. The van der Waals surface area contributed by atoms with E-state index in [2.05, 4.69) is 55.0 Å². The average Bonchev–Trinajstić information content (AvgIpc) is 3.01. The first-order valence-corrected chi connectivity index (χ1v) is 9.56. The fourth-order valence-electron chi connectivity index (χ4n) is 3.04. The molecular formula is C19H30N2OS. The number of amides is 1. The molecule has 1 aromatic rings. The number of hydrogen-bond donors (Lipinski definition) is 2. The Morgan fingerprint density at radius 2 is 2.17 bits per heavy atom. The van der Waals surface area contributed by atoms with Crippen molar-refractivity contribution < 1.29 is 4.79 Å². The van der Waals surface area contributed by atoms with Crippen LogP contribution in [0.25, 0.3) is 0 Å². The number of nitrogens with one attached hydrogen (secondary N) is 2. The third kappa shape index (κ3) is 6.11. The van der Waals surface area contributed by atoms with Crippen LogP contribution in [0.2, 0.25) is 0 Å². The van der Waals surface area contributed by atoms with Crippen LogP contribution in [0.1, 0.15) is 63.8 Å². The highest BCUT2D eigenvalue weighted by atomic mass is 32.1. The lowest BCUT2D eigenvalue weighted by Crippen LogP contribution is -2.40. The van der Waals surface area contributed by atoms with Crippen molar-refractivity contribution in [3.8, 4) is 0 Å². The number of carbonyl (C=O) groups excluding carboxylic acids is 1. The van der Waals surface area contributed by atoms with Gasteiger partial charge in [0.25, 0.3) is 0 Å². The van der Waals surface area contributed by atoms with Gasteiger partial charge >= 0.3 is 0 Å². The number of thiophene rings is 1. The van der Waals surface area contributed by atoms with Gasteiger partial charge in [-0.3, -0.25) is 4.79 Å². The summed E-state index contributed by atoms with van der Waals surface area (Å²) >= 11 is 1.74. The molecule has 0 saturated carbocycles. The SMILES string of the molecule is CC(C)(C)C(NCC(=O)NCCC1=CCCCC1)c1cccs1. The summed E-state index contributed by atoms with van der Waals surface area (Å²) in [6.45, 7) is 7.75. The van der Waals surface area contributed by atoms with E-state index in [4.69, 9.17) is 0 Å². The van der Waals surface area contributed by atoms with Crippen molar-refractivity contribution in [2.75, 3.05) is 13.1 Å². The van der Waals surface area contributed by atoms with Gasteiger partial charge in [0.15, 0.2) is 0 Å². The minimum Gasteiger partial charge on any atom is -0.355 e. The molecule has 0 aromatic carbocycles. The molecule has 0 radical (unpaired) electrons. The molecule has 23 heavy (non-hydrogen) atoms. The fraction of sp³-hybridized carbons (Fsp3) is 0.632. The Morgan fingerprint density at radius 3 is 2.78 bits per heavy atom.